The summed E-state index contributed by atoms with van der Waals surface area (Å²) in [5, 5.41) is 9.75. The summed E-state index contributed by atoms with van der Waals surface area (Å²) in [5.74, 6) is 0.320. The van der Waals surface area contributed by atoms with Gasteiger partial charge in [0.25, 0.3) is 11.8 Å². The van der Waals surface area contributed by atoms with Crippen molar-refractivity contribution in [2.24, 2.45) is 5.92 Å². The lowest BCUT2D eigenvalue weighted by atomic mass is 9.93. The number of carbonyl (C=O) groups is 2. The second kappa shape index (κ2) is 7.99. The predicted molar refractivity (Wildman–Crippen MR) is 97.6 cm³/mol. The van der Waals surface area contributed by atoms with Crippen molar-refractivity contribution in [1.29, 1.82) is 0 Å². The monoisotopic (exact) mass is 356 g/mol. The molecule has 138 valence electrons. The Morgan fingerprint density at radius 3 is 2.73 bits per heavy atom. The SMILES string of the molecule is Cc1cc(C(=O)N2CCC(CCNC(=O)c3cncc(N)c3)CC2)n[nH]1. The molecule has 4 N–H and O–H groups in total. The van der Waals surface area contributed by atoms with Crippen LogP contribution in [-0.2, 0) is 0 Å². The van der Waals surface area contributed by atoms with Gasteiger partial charge in [0.2, 0.25) is 0 Å². The molecule has 3 rings (SSSR count). The fourth-order valence-corrected chi connectivity index (χ4v) is 3.19. The number of nitrogens with zero attached hydrogens (tertiary/aromatic N) is 3. The Morgan fingerprint density at radius 1 is 1.31 bits per heavy atom. The molecule has 1 aliphatic rings. The number of likely N-dealkylation sites (tertiary alicyclic amines) is 1. The third-order valence-electron chi connectivity index (χ3n) is 4.69. The first-order valence-electron chi connectivity index (χ1n) is 8.83. The van der Waals surface area contributed by atoms with Gasteiger partial charge in [0, 0.05) is 37.7 Å². The van der Waals surface area contributed by atoms with Gasteiger partial charge in [-0.15, -0.1) is 0 Å². The van der Waals surface area contributed by atoms with E-state index < -0.39 is 0 Å². The van der Waals surface area contributed by atoms with Crippen LogP contribution in [0.1, 0.15) is 45.8 Å². The molecular formula is C18H24N6O2. The van der Waals surface area contributed by atoms with E-state index in [9.17, 15) is 9.59 Å². The molecule has 0 bridgehead atoms. The Labute approximate surface area is 152 Å². The minimum absolute atomic E-state index is 0.0183. The van der Waals surface area contributed by atoms with E-state index in [1.165, 1.54) is 12.4 Å². The lowest BCUT2D eigenvalue weighted by Gasteiger charge is -2.31. The average Bonchev–Trinajstić information content (AvgIpc) is 3.08. The lowest BCUT2D eigenvalue weighted by Crippen LogP contribution is -2.39. The van der Waals surface area contributed by atoms with Crippen molar-refractivity contribution < 1.29 is 9.59 Å². The number of H-pyrrole nitrogens is 1. The molecule has 2 aromatic rings. The van der Waals surface area contributed by atoms with Crippen LogP contribution in [0.25, 0.3) is 0 Å². The zero-order valence-corrected chi connectivity index (χ0v) is 14.9. The van der Waals surface area contributed by atoms with Crippen LogP contribution < -0.4 is 11.1 Å². The molecule has 0 aliphatic carbocycles. The number of carbonyl (C=O) groups excluding carboxylic acids is 2. The van der Waals surface area contributed by atoms with Gasteiger partial charge in [0.1, 0.15) is 5.69 Å². The molecule has 0 spiro atoms. The van der Waals surface area contributed by atoms with E-state index in [4.69, 9.17) is 5.73 Å². The van der Waals surface area contributed by atoms with E-state index in [1.54, 1.807) is 12.1 Å². The third-order valence-corrected chi connectivity index (χ3v) is 4.69. The molecule has 8 nitrogen and oxygen atoms in total. The molecule has 0 unspecified atom stereocenters. The second-order valence-electron chi connectivity index (χ2n) is 6.72. The van der Waals surface area contributed by atoms with Crippen LogP contribution >= 0.6 is 0 Å². The minimum atomic E-state index is -0.161. The summed E-state index contributed by atoms with van der Waals surface area (Å²) in [6.45, 7) is 3.93. The van der Waals surface area contributed by atoms with E-state index in [1.807, 2.05) is 11.8 Å². The highest BCUT2D eigenvalue weighted by molar-refractivity contribution is 5.94. The van der Waals surface area contributed by atoms with Crippen molar-refractivity contribution in [3.05, 3.63) is 41.5 Å². The van der Waals surface area contributed by atoms with E-state index in [-0.39, 0.29) is 11.8 Å². The van der Waals surface area contributed by atoms with Gasteiger partial charge in [0.15, 0.2) is 0 Å². The lowest BCUT2D eigenvalue weighted by molar-refractivity contribution is 0.0681. The summed E-state index contributed by atoms with van der Waals surface area (Å²) in [6, 6.07) is 3.39. The number of hydrogen-bond donors (Lipinski definition) is 3. The molecule has 3 heterocycles. The molecule has 0 saturated carbocycles. The number of aryl methyl sites for hydroxylation is 1. The van der Waals surface area contributed by atoms with Crippen LogP contribution in [0.3, 0.4) is 0 Å². The van der Waals surface area contributed by atoms with Gasteiger partial charge in [-0.1, -0.05) is 0 Å². The van der Waals surface area contributed by atoms with Crippen LogP contribution in [0.15, 0.2) is 24.5 Å². The van der Waals surface area contributed by atoms with Crippen molar-refractivity contribution in [2.45, 2.75) is 26.2 Å². The maximum Gasteiger partial charge on any atom is 0.274 e. The highest BCUT2D eigenvalue weighted by Crippen LogP contribution is 2.21. The fraction of sp³-hybridized carbons (Fsp3) is 0.444. The number of rotatable bonds is 5. The number of aromatic nitrogens is 3. The Hall–Kier alpha value is -2.90. The highest BCUT2D eigenvalue weighted by atomic mass is 16.2. The molecule has 2 aromatic heterocycles. The maximum absolute atomic E-state index is 12.4. The quantitative estimate of drug-likeness (QED) is 0.748. The van der Waals surface area contributed by atoms with Crippen molar-refractivity contribution in [3.8, 4) is 0 Å². The first kappa shape index (κ1) is 17.9. The van der Waals surface area contributed by atoms with Crippen LogP contribution in [0.2, 0.25) is 0 Å². The van der Waals surface area contributed by atoms with E-state index in [2.05, 4.69) is 20.5 Å². The van der Waals surface area contributed by atoms with Gasteiger partial charge < -0.3 is 16.0 Å². The smallest absolute Gasteiger partial charge is 0.274 e. The highest BCUT2D eigenvalue weighted by Gasteiger charge is 2.24. The molecule has 26 heavy (non-hydrogen) atoms. The van der Waals surface area contributed by atoms with Crippen molar-refractivity contribution >= 4 is 17.5 Å². The summed E-state index contributed by atoms with van der Waals surface area (Å²) in [5.41, 5.74) is 7.95. The number of anilines is 1. The summed E-state index contributed by atoms with van der Waals surface area (Å²) in [7, 11) is 0. The first-order chi connectivity index (χ1) is 12.5. The van der Waals surface area contributed by atoms with Crippen LogP contribution in [0, 0.1) is 12.8 Å². The van der Waals surface area contributed by atoms with Crippen LogP contribution in [0.4, 0.5) is 5.69 Å². The van der Waals surface area contributed by atoms with E-state index >= 15 is 0 Å². The Kier molecular flexibility index (Phi) is 5.50. The third kappa shape index (κ3) is 4.38. The molecule has 0 atom stereocenters. The Bertz CT molecular complexity index is 779. The molecule has 1 fully saturated rings. The summed E-state index contributed by atoms with van der Waals surface area (Å²) >= 11 is 0. The zero-order valence-electron chi connectivity index (χ0n) is 14.9. The maximum atomic E-state index is 12.4. The Balaban J connectivity index is 1.40. The topological polar surface area (TPSA) is 117 Å². The van der Waals surface area contributed by atoms with Gasteiger partial charge in [-0.25, -0.2) is 0 Å². The number of nitrogen functional groups attached to an aromatic ring is 1. The number of aromatic amines is 1. The zero-order chi connectivity index (χ0) is 18.5. The molecule has 0 aromatic carbocycles. The summed E-state index contributed by atoms with van der Waals surface area (Å²) in [4.78, 5) is 30.2. The van der Waals surface area contributed by atoms with Gasteiger partial charge >= 0.3 is 0 Å². The summed E-state index contributed by atoms with van der Waals surface area (Å²) in [6.07, 6.45) is 5.78. The van der Waals surface area contributed by atoms with Gasteiger partial charge in [0.05, 0.1) is 11.3 Å². The van der Waals surface area contributed by atoms with Crippen LogP contribution in [-0.4, -0.2) is 51.5 Å². The number of piperidine rings is 1. The van der Waals surface area contributed by atoms with Crippen molar-refractivity contribution in [1.82, 2.24) is 25.4 Å². The van der Waals surface area contributed by atoms with Gasteiger partial charge in [-0.2, -0.15) is 5.10 Å². The summed E-state index contributed by atoms with van der Waals surface area (Å²) < 4.78 is 0. The van der Waals surface area contributed by atoms with Crippen molar-refractivity contribution in [2.75, 3.05) is 25.4 Å². The van der Waals surface area contributed by atoms with Crippen LogP contribution in [0.5, 0.6) is 0 Å². The van der Waals surface area contributed by atoms with E-state index in [0.29, 0.717) is 29.4 Å². The molecule has 0 radical (unpaired) electrons. The molecule has 1 saturated heterocycles. The molecule has 2 amide bonds. The average molecular weight is 356 g/mol. The minimum Gasteiger partial charge on any atom is -0.397 e. The predicted octanol–water partition coefficient (Wildman–Crippen LogP) is 1.37. The largest absolute Gasteiger partial charge is 0.397 e. The number of hydrogen-bond acceptors (Lipinski definition) is 5. The van der Waals surface area contributed by atoms with Gasteiger partial charge in [-0.3, -0.25) is 19.7 Å². The number of nitrogens with two attached hydrogens (primary N) is 1. The first-order valence-corrected chi connectivity index (χ1v) is 8.83. The molecule has 8 heteroatoms. The number of pyridine rings is 1. The normalized spacial score (nSPS) is 15.0. The Morgan fingerprint density at radius 2 is 2.08 bits per heavy atom. The number of amides is 2. The molecular weight excluding hydrogens is 332 g/mol. The standard InChI is InChI=1S/C18H24N6O2/c1-12-8-16(23-22-12)18(26)24-6-3-13(4-7-24)2-5-21-17(25)14-9-15(19)11-20-10-14/h8-11,13H,2-7,19H2,1H3,(H,21,25)(H,22,23). The van der Waals surface area contributed by atoms with Gasteiger partial charge in [-0.05, 0) is 44.2 Å². The van der Waals surface area contributed by atoms with Crippen molar-refractivity contribution in [3.63, 3.8) is 0 Å². The molecule has 1 aliphatic heterocycles. The number of nitrogens with one attached hydrogen (secondary N) is 2. The second-order valence-corrected chi connectivity index (χ2v) is 6.72. The van der Waals surface area contributed by atoms with E-state index in [0.717, 1.165) is 38.0 Å². The fourth-order valence-electron chi connectivity index (χ4n) is 3.19.